The van der Waals surface area contributed by atoms with Crippen LogP contribution in [0.25, 0.3) is 0 Å². The highest BCUT2D eigenvalue weighted by atomic mass is 16.6. The lowest BCUT2D eigenvalue weighted by atomic mass is 10.2. The molecule has 0 radical (unpaired) electrons. The smallest absolute Gasteiger partial charge is 0.227 e. The zero-order valence-corrected chi connectivity index (χ0v) is 13.2. The van der Waals surface area contributed by atoms with Crippen LogP contribution in [-0.2, 0) is 6.54 Å². The molecule has 2 aromatic rings. The van der Waals surface area contributed by atoms with E-state index in [9.17, 15) is 4.79 Å². The molecule has 1 unspecified atom stereocenters. The number of hydrogen-bond donors (Lipinski definition) is 0. The monoisotopic (exact) mass is 317 g/mol. The van der Waals surface area contributed by atoms with Gasteiger partial charge in [-0.05, 0) is 19.2 Å². The maximum Gasteiger partial charge on any atom is 0.227 e. The Hall–Kier alpha value is -2.47. The fourth-order valence-electron chi connectivity index (χ4n) is 2.50. The number of ether oxygens (including phenoxy) is 3. The summed E-state index contributed by atoms with van der Waals surface area (Å²) >= 11 is 0. The van der Waals surface area contributed by atoms with Crippen molar-refractivity contribution < 1.29 is 18.6 Å². The number of rotatable bonds is 5. The van der Waals surface area contributed by atoms with E-state index in [2.05, 4.69) is 0 Å². The van der Waals surface area contributed by atoms with Crippen molar-refractivity contribution in [2.75, 3.05) is 27.3 Å². The lowest BCUT2D eigenvalue weighted by Crippen LogP contribution is -2.39. The van der Waals surface area contributed by atoms with Crippen molar-refractivity contribution in [2.24, 2.45) is 0 Å². The molecule has 0 spiro atoms. The van der Waals surface area contributed by atoms with E-state index in [1.54, 1.807) is 0 Å². The molecule has 1 aromatic carbocycles. The predicted octanol–water partition coefficient (Wildman–Crippen LogP) is 1.92. The fraction of sp³-hybridized carbons (Fsp3) is 0.353. The van der Waals surface area contributed by atoms with Gasteiger partial charge in [0.05, 0.1) is 13.7 Å². The molecular weight excluding hydrogens is 298 g/mol. The Morgan fingerprint density at radius 3 is 2.83 bits per heavy atom. The molecule has 6 heteroatoms. The Bertz CT molecular complexity index is 727. The van der Waals surface area contributed by atoms with Crippen molar-refractivity contribution in [1.82, 2.24) is 4.90 Å². The van der Waals surface area contributed by atoms with Gasteiger partial charge < -0.3 is 18.6 Å². The molecule has 0 bridgehead atoms. The molecule has 0 saturated heterocycles. The van der Waals surface area contributed by atoms with Crippen molar-refractivity contribution >= 4 is 0 Å². The average Bonchev–Trinajstić information content (AvgIpc) is 2.55. The van der Waals surface area contributed by atoms with Crippen LogP contribution in [0.3, 0.4) is 0 Å². The number of hydrogen-bond acceptors (Lipinski definition) is 6. The second-order valence-corrected chi connectivity index (χ2v) is 5.47. The first kappa shape index (κ1) is 15.4. The third-order valence-electron chi connectivity index (χ3n) is 3.58. The summed E-state index contributed by atoms with van der Waals surface area (Å²) in [4.78, 5) is 13.8. The van der Waals surface area contributed by atoms with E-state index in [1.807, 2.05) is 36.2 Å². The fourth-order valence-corrected chi connectivity index (χ4v) is 2.50. The van der Waals surface area contributed by atoms with Gasteiger partial charge >= 0.3 is 0 Å². The molecule has 0 amide bonds. The molecule has 0 N–H and O–H groups in total. The highest BCUT2D eigenvalue weighted by Gasteiger charge is 2.22. The zero-order valence-electron chi connectivity index (χ0n) is 13.2. The molecule has 1 aliphatic heterocycles. The maximum absolute atomic E-state index is 11.7. The van der Waals surface area contributed by atoms with E-state index in [4.69, 9.17) is 18.6 Å². The van der Waals surface area contributed by atoms with E-state index in [-0.39, 0.29) is 17.3 Å². The third kappa shape index (κ3) is 3.65. The highest BCUT2D eigenvalue weighted by molar-refractivity contribution is 5.40. The van der Waals surface area contributed by atoms with Crippen LogP contribution in [-0.4, -0.2) is 38.3 Å². The van der Waals surface area contributed by atoms with Crippen molar-refractivity contribution in [3.8, 4) is 17.2 Å². The number of fused-ring (bicyclic) bond motifs is 1. The normalized spacial score (nSPS) is 16.4. The van der Waals surface area contributed by atoms with E-state index < -0.39 is 0 Å². The third-order valence-corrected chi connectivity index (χ3v) is 3.58. The van der Waals surface area contributed by atoms with Crippen molar-refractivity contribution in [3.63, 3.8) is 0 Å². The Balaban J connectivity index is 1.59. The summed E-state index contributed by atoms with van der Waals surface area (Å²) in [5.41, 5.74) is -0.187. The summed E-state index contributed by atoms with van der Waals surface area (Å²) in [5, 5.41) is 0. The van der Waals surface area contributed by atoms with Crippen LogP contribution in [0.4, 0.5) is 0 Å². The van der Waals surface area contributed by atoms with Crippen molar-refractivity contribution in [1.29, 1.82) is 0 Å². The molecule has 122 valence electrons. The minimum atomic E-state index is -0.187. The predicted molar refractivity (Wildman–Crippen MR) is 84.2 cm³/mol. The molecular formula is C17H19NO5. The van der Waals surface area contributed by atoms with Gasteiger partial charge in [0.2, 0.25) is 11.2 Å². The summed E-state index contributed by atoms with van der Waals surface area (Å²) in [7, 11) is 3.38. The summed E-state index contributed by atoms with van der Waals surface area (Å²) in [6, 6.07) is 9.06. The Labute approximate surface area is 134 Å². The average molecular weight is 317 g/mol. The number of benzene rings is 1. The summed E-state index contributed by atoms with van der Waals surface area (Å²) in [6.07, 6.45) is 1.27. The van der Waals surface area contributed by atoms with E-state index >= 15 is 0 Å². The second-order valence-electron chi connectivity index (χ2n) is 5.47. The Morgan fingerprint density at radius 2 is 2.09 bits per heavy atom. The largest absolute Gasteiger partial charge is 0.490 e. The molecule has 23 heavy (non-hydrogen) atoms. The summed E-state index contributed by atoms with van der Waals surface area (Å²) in [6.45, 7) is 1.65. The van der Waals surface area contributed by atoms with Crippen LogP contribution >= 0.6 is 0 Å². The lowest BCUT2D eigenvalue weighted by molar-refractivity contribution is 0.0621. The first-order valence-corrected chi connectivity index (χ1v) is 7.38. The molecule has 6 nitrogen and oxygen atoms in total. The van der Waals surface area contributed by atoms with Crippen LogP contribution in [0.5, 0.6) is 17.2 Å². The molecule has 1 aromatic heterocycles. The molecule has 1 aliphatic rings. The van der Waals surface area contributed by atoms with Gasteiger partial charge in [0.15, 0.2) is 11.5 Å². The van der Waals surface area contributed by atoms with Gasteiger partial charge in [0.1, 0.15) is 24.7 Å². The van der Waals surface area contributed by atoms with Crippen LogP contribution in [0.1, 0.15) is 5.76 Å². The van der Waals surface area contributed by atoms with Gasteiger partial charge in [-0.1, -0.05) is 12.1 Å². The minimum Gasteiger partial charge on any atom is -0.490 e. The van der Waals surface area contributed by atoms with Crippen LogP contribution in [0.2, 0.25) is 0 Å². The van der Waals surface area contributed by atoms with Gasteiger partial charge in [-0.15, -0.1) is 0 Å². The van der Waals surface area contributed by atoms with Gasteiger partial charge in [-0.25, -0.2) is 0 Å². The quantitative estimate of drug-likeness (QED) is 0.839. The van der Waals surface area contributed by atoms with E-state index in [1.165, 1.54) is 19.4 Å². The van der Waals surface area contributed by atoms with E-state index in [0.717, 1.165) is 11.5 Å². The van der Waals surface area contributed by atoms with Crippen LogP contribution < -0.4 is 19.6 Å². The number of likely N-dealkylation sites (N-methyl/N-ethyl adjacent to an activating group) is 1. The van der Waals surface area contributed by atoms with Crippen molar-refractivity contribution in [3.05, 3.63) is 52.6 Å². The van der Waals surface area contributed by atoms with Gasteiger partial charge in [0.25, 0.3) is 0 Å². The van der Waals surface area contributed by atoms with E-state index in [0.29, 0.717) is 25.5 Å². The Morgan fingerprint density at radius 1 is 1.30 bits per heavy atom. The Kier molecular flexibility index (Phi) is 4.52. The number of methoxy groups -OCH3 is 1. The van der Waals surface area contributed by atoms with Crippen LogP contribution in [0, 0.1) is 0 Å². The lowest BCUT2D eigenvalue weighted by Gasteiger charge is -2.29. The molecule has 0 saturated carbocycles. The molecule has 0 aliphatic carbocycles. The molecule has 0 fully saturated rings. The number of para-hydroxylation sites is 2. The highest BCUT2D eigenvalue weighted by Crippen LogP contribution is 2.31. The maximum atomic E-state index is 11.7. The molecule has 2 heterocycles. The molecule has 3 rings (SSSR count). The topological polar surface area (TPSA) is 61.1 Å². The SMILES string of the molecule is COc1coc(CN(C)CC2COc3ccccc3O2)cc1=O. The van der Waals surface area contributed by atoms with Crippen molar-refractivity contribution in [2.45, 2.75) is 12.6 Å². The van der Waals surface area contributed by atoms with Crippen LogP contribution in [0.15, 0.2) is 45.8 Å². The second kappa shape index (κ2) is 6.75. The first-order chi connectivity index (χ1) is 11.2. The van der Waals surface area contributed by atoms with Gasteiger partial charge in [-0.2, -0.15) is 0 Å². The zero-order chi connectivity index (χ0) is 16.2. The first-order valence-electron chi connectivity index (χ1n) is 7.38. The molecule has 1 atom stereocenters. The standard InChI is InChI=1S/C17H19NO5/c1-18(8-12-7-14(19)17(20-2)11-21-12)9-13-10-22-15-5-3-4-6-16(15)23-13/h3-7,11,13H,8-10H2,1-2H3. The van der Waals surface area contributed by atoms with Gasteiger partial charge in [0, 0.05) is 12.6 Å². The minimum absolute atomic E-state index is 0.0696. The number of nitrogens with zero attached hydrogens (tertiary/aromatic N) is 1. The summed E-state index contributed by atoms with van der Waals surface area (Å²) in [5.74, 6) is 2.31. The summed E-state index contributed by atoms with van der Waals surface area (Å²) < 4.78 is 21.9. The van der Waals surface area contributed by atoms with Gasteiger partial charge in [-0.3, -0.25) is 9.69 Å².